The second-order valence-corrected chi connectivity index (χ2v) is 16.8. The lowest BCUT2D eigenvalue weighted by Crippen LogP contribution is -2.61. The van der Waals surface area contributed by atoms with Gasteiger partial charge < -0.3 is 30.3 Å². The molecule has 4 atom stereocenters. The fraction of sp³-hybridized carbons (Fsp3) is 0.409. The van der Waals surface area contributed by atoms with Crippen molar-refractivity contribution < 1.29 is 29.3 Å². The van der Waals surface area contributed by atoms with Gasteiger partial charge in [-0.3, -0.25) is 0 Å². The number of urea groups is 1. The van der Waals surface area contributed by atoms with Crippen LogP contribution in [0.4, 0.5) is 4.79 Å². The molecule has 2 amide bonds. The van der Waals surface area contributed by atoms with Gasteiger partial charge in [0.15, 0.2) is 6.29 Å². The summed E-state index contributed by atoms with van der Waals surface area (Å²) < 4.78 is 13.4. The molecule has 4 N–H and O–H groups in total. The van der Waals surface area contributed by atoms with Crippen LogP contribution in [0.2, 0.25) is 0 Å². The van der Waals surface area contributed by atoms with Crippen molar-refractivity contribution in [3.8, 4) is 11.1 Å². The Labute approximate surface area is 315 Å². The number of amides is 2. The van der Waals surface area contributed by atoms with Gasteiger partial charge in [-0.05, 0) is 108 Å². The zero-order chi connectivity index (χ0) is 36.5. The lowest BCUT2D eigenvalue weighted by atomic mass is 9.53. The molecule has 1 saturated heterocycles. The van der Waals surface area contributed by atoms with Crippen molar-refractivity contribution >= 4 is 23.8 Å². The fourth-order valence-corrected chi connectivity index (χ4v) is 10.9. The smallest absolute Gasteiger partial charge is 0.336 e. The number of nitrogens with one attached hydrogen (secondary N) is 2. The van der Waals surface area contributed by atoms with E-state index in [-0.39, 0.29) is 41.9 Å². The summed E-state index contributed by atoms with van der Waals surface area (Å²) in [7, 11) is 0. The second-order valence-electron chi connectivity index (χ2n) is 15.8. The number of aliphatic hydroxyl groups is 1. The highest BCUT2D eigenvalue weighted by atomic mass is 32.2. The van der Waals surface area contributed by atoms with Crippen LogP contribution in [0, 0.1) is 23.7 Å². The molecule has 9 rings (SSSR count). The molecule has 0 unspecified atom stereocenters. The number of carboxylic acids is 1. The predicted molar refractivity (Wildman–Crippen MR) is 205 cm³/mol. The van der Waals surface area contributed by atoms with Crippen molar-refractivity contribution in [2.75, 3.05) is 5.75 Å². The van der Waals surface area contributed by atoms with Crippen molar-refractivity contribution in [3.63, 3.8) is 0 Å². The highest BCUT2D eigenvalue weighted by Crippen LogP contribution is 2.55. The molecule has 1 aliphatic heterocycles. The summed E-state index contributed by atoms with van der Waals surface area (Å²) in [6.45, 7) is 2.52. The van der Waals surface area contributed by atoms with Crippen molar-refractivity contribution in [3.05, 3.63) is 125 Å². The van der Waals surface area contributed by atoms with Crippen molar-refractivity contribution in [1.82, 2.24) is 10.6 Å². The Bertz CT molecular complexity index is 1910. The average Bonchev–Trinajstić information content (AvgIpc) is 3.16. The summed E-state index contributed by atoms with van der Waals surface area (Å²) in [5, 5.41) is 26.0. The number of hydrogen-bond acceptors (Lipinski definition) is 6. The third-order valence-electron chi connectivity index (χ3n) is 11.9. The number of aromatic carboxylic acids is 1. The van der Waals surface area contributed by atoms with Crippen LogP contribution in [-0.2, 0) is 22.6 Å². The molecule has 0 spiro atoms. The van der Waals surface area contributed by atoms with Crippen LogP contribution in [0.15, 0.2) is 102 Å². The van der Waals surface area contributed by atoms with Gasteiger partial charge in [0.2, 0.25) is 0 Å². The molecule has 4 bridgehead atoms. The third kappa shape index (κ3) is 7.90. The Kier molecular flexibility index (Phi) is 10.4. The number of hydrogen-bond donors (Lipinski definition) is 4. The average molecular weight is 733 g/mol. The third-order valence-corrected chi connectivity index (χ3v) is 13.1. The number of benzene rings is 4. The van der Waals surface area contributed by atoms with Gasteiger partial charge >= 0.3 is 12.0 Å². The first kappa shape index (κ1) is 35.9. The van der Waals surface area contributed by atoms with E-state index < -0.39 is 12.3 Å². The van der Waals surface area contributed by atoms with Gasteiger partial charge in [-0.1, -0.05) is 79.7 Å². The number of thioether (sulfide) groups is 1. The zero-order valence-electron chi connectivity index (χ0n) is 30.1. The Hall–Kier alpha value is -4.15. The topological polar surface area (TPSA) is 117 Å². The Morgan fingerprint density at radius 2 is 1.47 bits per heavy atom. The molecule has 0 radical (unpaired) electrons. The predicted octanol–water partition coefficient (Wildman–Crippen LogP) is 8.90. The summed E-state index contributed by atoms with van der Waals surface area (Å²) in [6, 6.07) is 31.3. The van der Waals surface area contributed by atoms with E-state index in [0.717, 1.165) is 70.4 Å². The van der Waals surface area contributed by atoms with Gasteiger partial charge in [0.05, 0.1) is 24.4 Å². The van der Waals surface area contributed by atoms with E-state index in [0.29, 0.717) is 17.2 Å². The van der Waals surface area contributed by atoms with E-state index in [4.69, 9.17) is 9.47 Å². The maximum absolute atomic E-state index is 13.2. The monoisotopic (exact) mass is 732 g/mol. The minimum Gasteiger partial charge on any atom is -0.478 e. The number of carbonyl (C=O) groups is 2. The second kappa shape index (κ2) is 15.3. The first-order chi connectivity index (χ1) is 25.7. The fourth-order valence-electron chi connectivity index (χ4n) is 9.71. The molecular formula is C44H48N2O6S. The number of rotatable bonds is 11. The van der Waals surface area contributed by atoms with Crippen molar-refractivity contribution in [2.45, 2.75) is 87.5 Å². The first-order valence-electron chi connectivity index (χ1n) is 19.0. The van der Waals surface area contributed by atoms with Gasteiger partial charge in [0, 0.05) is 34.2 Å². The quantitative estimate of drug-likeness (QED) is 0.114. The Balaban J connectivity index is 0.978. The summed E-state index contributed by atoms with van der Waals surface area (Å²) in [6.07, 6.45) is 6.22. The number of carbonyl (C=O) groups excluding carboxylic acids is 1. The van der Waals surface area contributed by atoms with Gasteiger partial charge in [0.1, 0.15) is 0 Å². The van der Waals surface area contributed by atoms with Crippen LogP contribution < -0.4 is 10.6 Å². The van der Waals surface area contributed by atoms with E-state index in [9.17, 15) is 19.8 Å². The maximum atomic E-state index is 13.2. The molecule has 5 aliphatic rings. The minimum atomic E-state index is -0.953. The first-order valence-corrected chi connectivity index (χ1v) is 19.9. The molecule has 5 fully saturated rings. The summed E-state index contributed by atoms with van der Waals surface area (Å²) >= 11 is 1.48. The van der Waals surface area contributed by atoms with Gasteiger partial charge in [-0.15, -0.1) is 11.8 Å². The largest absolute Gasteiger partial charge is 0.478 e. The molecule has 4 aromatic carbocycles. The van der Waals surface area contributed by atoms with E-state index in [1.165, 1.54) is 31.0 Å². The lowest BCUT2D eigenvalue weighted by Gasteiger charge is -2.56. The van der Waals surface area contributed by atoms with E-state index in [1.807, 2.05) is 60.7 Å². The highest BCUT2D eigenvalue weighted by molar-refractivity contribution is 7.99. The van der Waals surface area contributed by atoms with E-state index in [1.54, 1.807) is 12.1 Å². The Morgan fingerprint density at radius 3 is 2.17 bits per heavy atom. The normalized spacial score (nSPS) is 28.8. The lowest BCUT2D eigenvalue weighted by molar-refractivity contribution is -0.268. The maximum Gasteiger partial charge on any atom is 0.336 e. The van der Waals surface area contributed by atoms with Crippen molar-refractivity contribution in [1.29, 1.82) is 0 Å². The minimum absolute atomic E-state index is 0.0231. The molecule has 4 aromatic rings. The summed E-state index contributed by atoms with van der Waals surface area (Å²) in [5.74, 6) is 1.88. The standard InChI is InChI=1S/C44H48N2O6S/c1-27-38(26-53-39-11-3-2-10-37(39)41(48)49)51-42(52-40(27)33-14-12-28(25-47)13-15-33)36-9-5-8-35(20-36)34-7-4-6-29(19-34)24-45-43(50)46-44-21-30-16-31(22-44)18-32(17-30)23-44/h2-15,19-20,27,30-32,38,40,42,47H,16-18,21-26H2,1H3,(H,48,49)(H2,45,46,50)/t27-,30?,31?,32?,38+,40+,42+,44?/m0/s1. The molecule has 53 heavy (non-hydrogen) atoms. The van der Waals surface area contributed by atoms with Crippen molar-refractivity contribution in [2.24, 2.45) is 23.7 Å². The highest BCUT2D eigenvalue weighted by Gasteiger charge is 2.51. The molecule has 0 aromatic heterocycles. The van der Waals surface area contributed by atoms with Crippen LogP contribution in [0.25, 0.3) is 11.1 Å². The molecule has 4 saturated carbocycles. The van der Waals surface area contributed by atoms with Crippen LogP contribution >= 0.6 is 11.8 Å². The van der Waals surface area contributed by atoms with Crippen LogP contribution in [-0.4, -0.2) is 39.6 Å². The number of carboxylic acid groups (broad SMARTS) is 1. The molecule has 9 heteroatoms. The SMILES string of the molecule is C[C@H]1[C@@H](CSc2ccccc2C(=O)O)O[C@@H](c2cccc(-c3cccc(CNC(=O)NC45CC6CC(CC(C6)C4)C5)c3)c2)O[C@H]1c1ccc(CO)cc1. The van der Waals surface area contributed by atoms with Gasteiger partial charge in [-0.2, -0.15) is 0 Å². The van der Waals surface area contributed by atoms with Crippen LogP contribution in [0.3, 0.4) is 0 Å². The van der Waals surface area contributed by atoms with Gasteiger partial charge in [0.25, 0.3) is 0 Å². The molecule has 8 nitrogen and oxygen atoms in total. The molecule has 276 valence electrons. The Morgan fingerprint density at radius 1 is 0.792 bits per heavy atom. The van der Waals surface area contributed by atoms with Crippen LogP contribution in [0.5, 0.6) is 0 Å². The zero-order valence-corrected chi connectivity index (χ0v) is 30.9. The summed E-state index contributed by atoms with van der Waals surface area (Å²) in [4.78, 5) is 25.8. The van der Waals surface area contributed by atoms with E-state index in [2.05, 4.69) is 41.8 Å². The number of ether oxygens (including phenoxy) is 2. The van der Waals surface area contributed by atoms with Crippen LogP contribution in [0.1, 0.15) is 90.5 Å². The molecule has 4 aliphatic carbocycles. The number of aliphatic hydroxyl groups excluding tert-OH is 1. The molecular weight excluding hydrogens is 685 g/mol. The molecule has 1 heterocycles. The summed E-state index contributed by atoms with van der Waals surface area (Å²) in [5.41, 5.74) is 6.03. The van der Waals surface area contributed by atoms with E-state index >= 15 is 0 Å². The van der Waals surface area contributed by atoms with Gasteiger partial charge in [-0.25, -0.2) is 9.59 Å².